The Hall–Kier alpha value is -3.01. The fourth-order valence-electron chi connectivity index (χ4n) is 3.50. The smallest absolute Gasteiger partial charge is 0.405 e. The summed E-state index contributed by atoms with van der Waals surface area (Å²) >= 11 is 1.14. The molecular formula is C23H23F3N2O4S. The number of hydrogen-bond acceptors (Lipinski definition) is 5. The first-order valence-electron chi connectivity index (χ1n) is 10.3. The summed E-state index contributed by atoms with van der Waals surface area (Å²) in [6, 6.07) is 14.3. The topological polar surface area (TPSA) is 84.5 Å². The zero-order valence-corrected chi connectivity index (χ0v) is 18.4. The predicted octanol–water partition coefficient (Wildman–Crippen LogP) is 3.81. The van der Waals surface area contributed by atoms with Gasteiger partial charge in [0.15, 0.2) is 6.61 Å². The van der Waals surface area contributed by atoms with Crippen molar-refractivity contribution in [2.75, 3.05) is 18.9 Å². The van der Waals surface area contributed by atoms with Crippen LogP contribution in [-0.4, -0.2) is 42.9 Å². The van der Waals surface area contributed by atoms with Gasteiger partial charge in [0.25, 0.3) is 5.91 Å². The van der Waals surface area contributed by atoms with E-state index in [1.54, 1.807) is 23.5 Å². The second kappa shape index (κ2) is 11.2. The quantitative estimate of drug-likeness (QED) is 0.444. The van der Waals surface area contributed by atoms with E-state index in [0.29, 0.717) is 4.90 Å². The predicted molar refractivity (Wildman–Crippen MR) is 117 cm³/mol. The Balaban J connectivity index is 1.53. The molecule has 2 aromatic carbocycles. The maximum absolute atomic E-state index is 12.6. The fourth-order valence-corrected chi connectivity index (χ4v) is 4.35. The first kappa shape index (κ1) is 24.6. The van der Waals surface area contributed by atoms with Crippen LogP contribution in [-0.2, 0) is 20.7 Å². The van der Waals surface area contributed by atoms with Gasteiger partial charge in [0.05, 0.1) is 17.4 Å². The van der Waals surface area contributed by atoms with Gasteiger partial charge in [0.1, 0.15) is 6.54 Å². The summed E-state index contributed by atoms with van der Waals surface area (Å²) in [6.45, 7) is -2.34. The first-order chi connectivity index (χ1) is 15.7. The molecule has 1 aliphatic rings. The summed E-state index contributed by atoms with van der Waals surface area (Å²) in [4.78, 5) is 36.8. The lowest BCUT2D eigenvalue weighted by atomic mass is 9.88. The van der Waals surface area contributed by atoms with Gasteiger partial charge in [-0.15, -0.1) is 11.8 Å². The van der Waals surface area contributed by atoms with E-state index in [1.807, 2.05) is 18.2 Å². The van der Waals surface area contributed by atoms with Crippen LogP contribution >= 0.6 is 11.8 Å². The number of fused-ring (bicyclic) bond motifs is 1. The minimum absolute atomic E-state index is 0.0570. The minimum Gasteiger partial charge on any atom is -0.452 e. The zero-order valence-electron chi connectivity index (χ0n) is 17.6. The minimum atomic E-state index is -4.55. The van der Waals surface area contributed by atoms with Crippen molar-refractivity contribution in [3.8, 4) is 0 Å². The van der Waals surface area contributed by atoms with Gasteiger partial charge >= 0.3 is 12.1 Å². The van der Waals surface area contributed by atoms with Crippen LogP contribution in [0, 0.1) is 0 Å². The number of benzene rings is 2. The lowest BCUT2D eigenvalue weighted by molar-refractivity contribution is -0.140. The van der Waals surface area contributed by atoms with Crippen molar-refractivity contribution >= 4 is 29.5 Å². The Bertz CT molecular complexity index is 1010. The van der Waals surface area contributed by atoms with Crippen molar-refractivity contribution in [1.82, 2.24) is 10.6 Å². The van der Waals surface area contributed by atoms with Crippen molar-refractivity contribution < 1.29 is 32.3 Å². The molecule has 0 heterocycles. The summed E-state index contributed by atoms with van der Waals surface area (Å²) in [5.74, 6) is -2.04. The van der Waals surface area contributed by atoms with Crippen molar-refractivity contribution in [2.24, 2.45) is 0 Å². The number of alkyl halides is 3. The highest BCUT2D eigenvalue weighted by atomic mass is 32.2. The van der Waals surface area contributed by atoms with E-state index in [-0.39, 0.29) is 23.3 Å². The summed E-state index contributed by atoms with van der Waals surface area (Å²) < 4.78 is 41.3. The molecule has 33 heavy (non-hydrogen) atoms. The van der Waals surface area contributed by atoms with Crippen LogP contribution in [0.1, 0.15) is 40.4 Å². The fraction of sp³-hybridized carbons (Fsp3) is 0.348. The van der Waals surface area contributed by atoms with E-state index in [1.165, 1.54) is 11.6 Å². The zero-order chi connectivity index (χ0) is 23.8. The molecule has 2 aromatic rings. The summed E-state index contributed by atoms with van der Waals surface area (Å²) in [6.07, 6.45) is -1.72. The molecular weight excluding hydrogens is 457 g/mol. The van der Waals surface area contributed by atoms with Gasteiger partial charge in [-0.1, -0.05) is 36.4 Å². The number of rotatable bonds is 8. The molecule has 0 bridgehead atoms. The standard InChI is InChI=1S/C23H23F3N2O4S/c24-23(25,26)14-27-20(29)12-32-22(31)17-9-3-4-11-19(17)33-13-21(30)28-18-10-5-7-15-6-1-2-8-16(15)18/h1-4,6,8-9,11,18H,5,7,10,12-14H2,(H,27,29)(H,28,30). The van der Waals surface area contributed by atoms with Crippen LogP contribution < -0.4 is 10.6 Å². The third kappa shape index (κ3) is 7.52. The van der Waals surface area contributed by atoms with E-state index in [0.717, 1.165) is 36.6 Å². The number of carbonyl (C=O) groups excluding carboxylic acids is 3. The highest BCUT2D eigenvalue weighted by Gasteiger charge is 2.28. The lowest BCUT2D eigenvalue weighted by Crippen LogP contribution is -2.36. The van der Waals surface area contributed by atoms with Crippen LogP contribution in [0.25, 0.3) is 0 Å². The molecule has 0 saturated heterocycles. The Morgan fingerprint density at radius 2 is 1.76 bits per heavy atom. The van der Waals surface area contributed by atoms with Crippen molar-refractivity contribution in [3.05, 3.63) is 65.2 Å². The molecule has 0 aromatic heterocycles. The van der Waals surface area contributed by atoms with Crippen molar-refractivity contribution in [2.45, 2.75) is 36.4 Å². The van der Waals surface area contributed by atoms with E-state index in [9.17, 15) is 27.6 Å². The van der Waals surface area contributed by atoms with Crippen LogP contribution in [0.5, 0.6) is 0 Å². The highest BCUT2D eigenvalue weighted by molar-refractivity contribution is 8.00. The number of nitrogens with one attached hydrogen (secondary N) is 2. The summed E-state index contributed by atoms with van der Waals surface area (Å²) in [7, 11) is 0. The summed E-state index contributed by atoms with van der Waals surface area (Å²) in [5.41, 5.74) is 2.48. The average Bonchev–Trinajstić information content (AvgIpc) is 2.80. The van der Waals surface area contributed by atoms with Gasteiger partial charge < -0.3 is 15.4 Å². The molecule has 0 aliphatic heterocycles. The maximum Gasteiger partial charge on any atom is 0.405 e. The molecule has 3 rings (SSSR count). The third-order valence-corrected chi connectivity index (χ3v) is 6.06. The van der Waals surface area contributed by atoms with Crippen LogP contribution in [0.4, 0.5) is 13.2 Å². The van der Waals surface area contributed by atoms with Gasteiger partial charge in [-0.3, -0.25) is 9.59 Å². The molecule has 6 nitrogen and oxygen atoms in total. The van der Waals surface area contributed by atoms with Gasteiger partial charge in [-0.25, -0.2) is 4.79 Å². The number of carbonyl (C=O) groups is 3. The second-order valence-corrected chi connectivity index (χ2v) is 8.48. The molecule has 0 radical (unpaired) electrons. The molecule has 1 atom stereocenters. The molecule has 1 unspecified atom stereocenters. The number of amides is 2. The normalized spacial score (nSPS) is 15.3. The Labute approximate surface area is 193 Å². The Morgan fingerprint density at radius 1 is 1.03 bits per heavy atom. The van der Waals surface area contributed by atoms with Gasteiger partial charge in [0.2, 0.25) is 5.91 Å². The van der Waals surface area contributed by atoms with Crippen LogP contribution in [0.3, 0.4) is 0 Å². The molecule has 0 spiro atoms. The molecule has 0 saturated carbocycles. The summed E-state index contributed by atoms with van der Waals surface area (Å²) in [5, 5.41) is 4.67. The number of ether oxygens (including phenoxy) is 1. The van der Waals surface area contributed by atoms with Crippen LogP contribution in [0.15, 0.2) is 53.4 Å². The maximum atomic E-state index is 12.6. The monoisotopic (exact) mass is 480 g/mol. The van der Waals surface area contributed by atoms with Crippen molar-refractivity contribution in [3.63, 3.8) is 0 Å². The second-order valence-electron chi connectivity index (χ2n) is 7.46. The highest BCUT2D eigenvalue weighted by Crippen LogP contribution is 2.30. The number of hydrogen-bond donors (Lipinski definition) is 2. The van der Waals surface area contributed by atoms with Crippen molar-refractivity contribution in [1.29, 1.82) is 0 Å². The Morgan fingerprint density at radius 3 is 2.55 bits per heavy atom. The molecule has 0 fully saturated rings. The van der Waals surface area contributed by atoms with E-state index < -0.39 is 31.2 Å². The van der Waals surface area contributed by atoms with E-state index >= 15 is 0 Å². The molecule has 2 amide bonds. The number of esters is 1. The first-order valence-corrected chi connectivity index (χ1v) is 11.3. The molecule has 176 valence electrons. The third-order valence-electron chi connectivity index (χ3n) is 4.99. The molecule has 2 N–H and O–H groups in total. The van der Waals surface area contributed by atoms with E-state index in [2.05, 4.69) is 11.4 Å². The largest absolute Gasteiger partial charge is 0.452 e. The molecule has 10 heteroatoms. The number of halogens is 3. The lowest BCUT2D eigenvalue weighted by Gasteiger charge is -2.26. The van der Waals surface area contributed by atoms with Gasteiger partial charge in [0, 0.05) is 4.90 Å². The van der Waals surface area contributed by atoms with E-state index in [4.69, 9.17) is 4.74 Å². The number of aryl methyl sites for hydroxylation is 1. The Kier molecular flexibility index (Phi) is 8.37. The number of thioether (sulfide) groups is 1. The SMILES string of the molecule is O=C(COC(=O)c1ccccc1SCC(=O)NC1CCCc2ccccc21)NCC(F)(F)F. The van der Waals surface area contributed by atoms with Gasteiger partial charge in [-0.05, 0) is 42.5 Å². The van der Waals surface area contributed by atoms with Gasteiger partial charge in [-0.2, -0.15) is 13.2 Å². The molecule has 1 aliphatic carbocycles. The average molecular weight is 481 g/mol. The van der Waals surface area contributed by atoms with Crippen LogP contribution in [0.2, 0.25) is 0 Å².